The number of furan rings is 1. The second-order valence-corrected chi connectivity index (χ2v) is 3.75. The molecule has 0 aliphatic rings. The minimum absolute atomic E-state index is 0.0709. The first-order valence-corrected chi connectivity index (χ1v) is 5.16. The van der Waals surface area contributed by atoms with Crippen LogP contribution in [0.4, 0.5) is 0 Å². The number of hydrogen-bond donors (Lipinski definition) is 1. The quantitative estimate of drug-likeness (QED) is 0.853. The Hall–Kier alpha value is -1.68. The van der Waals surface area contributed by atoms with Crippen LogP contribution < -0.4 is 0 Å². The van der Waals surface area contributed by atoms with E-state index >= 15 is 0 Å². The Kier molecular flexibility index (Phi) is 3.01. The maximum atomic E-state index is 8.89. The van der Waals surface area contributed by atoms with Crippen LogP contribution in [0.3, 0.4) is 0 Å². The lowest BCUT2D eigenvalue weighted by Gasteiger charge is -2.02. The highest BCUT2D eigenvalue weighted by atomic mass is 16.4. The Morgan fingerprint density at radius 1 is 1.25 bits per heavy atom. The van der Waals surface area contributed by atoms with Crippen LogP contribution in [-0.4, -0.2) is 15.1 Å². The van der Waals surface area contributed by atoms with E-state index in [1.54, 1.807) is 12.3 Å². The molecule has 0 aromatic carbocycles. The first-order chi connectivity index (χ1) is 7.69. The SMILES string of the molecule is Cc1cnc(Cc2ccc(CO)o2)c(C)n1. The Bertz CT molecular complexity index is 492. The van der Waals surface area contributed by atoms with Crippen molar-refractivity contribution < 1.29 is 9.52 Å². The Morgan fingerprint density at radius 3 is 2.62 bits per heavy atom. The van der Waals surface area contributed by atoms with Gasteiger partial charge in [0, 0.05) is 12.6 Å². The summed E-state index contributed by atoms with van der Waals surface area (Å²) in [7, 11) is 0. The number of aliphatic hydroxyl groups is 1. The molecule has 2 aromatic rings. The van der Waals surface area contributed by atoms with Gasteiger partial charge in [0.25, 0.3) is 0 Å². The number of aromatic nitrogens is 2. The largest absolute Gasteiger partial charge is 0.463 e. The number of aliphatic hydroxyl groups excluding tert-OH is 1. The molecule has 84 valence electrons. The normalized spacial score (nSPS) is 10.7. The van der Waals surface area contributed by atoms with Gasteiger partial charge in [0.1, 0.15) is 18.1 Å². The van der Waals surface area contributed by atoms with Gasteiger partial charge in [0.2, 0.25) is 0 Å². The molecular formula is C12H14N2O2. The maximum Gasteiger partial charge on any atom is 0.129 e. The fourth-order valence-electron chi connectivity index (χ4n) is 1.56. The molecule has 0 bridgehead atoms. The predicted molar refractivity (Wildman–Crippen MR) is 58.9 cm³/mol. The van der Waals surface area contributed by atoms with Gasteiger partial charge in [-0.05, 0) is 26.0 Å². The first-order valence-electron chi connectivity index (χ1n) is 5.16. The predicted octanol–water partition coefficient (Wildman–Crippen LogP) is 1.77. The van der Waals surface area contributed by atoms with Crippen molar-refractivity contribution >= 4 is 0 Å². The first kappa shape index (κ1) is 10.8. The van der Waals surface area contributed by atoms with Gasteiger partial charge in [0.15, 0.2) is 0 Å². The van der Waals surface area contributed by atoms with E-state index in [1.165, 1.54) is 0 Å². The summed E-state index contributed by atoms with van der Waals surface area (Å²) in [4.78, 5) is 8.67. The van der Waals surface area contributed by atoms with Gasteiger partial charge in [-0.3, -0.25) is 9.97 Å². The van der Waals surface area contributed by atoms with Crippen LogP contribution in [-0.2, 0) is 13.0 Å². The summed E-state index contributed by atoms with van der Waals surface area (Å²) in [6.45, 7) is 3.78. The van der Waals surface area contributed by atoms with Gasteiger partial charge in [-0.15, -0.1) is 0 Å². The molecule has 4 heteroatoms. The highest BCUT2D eigenvalue weighted by Crippen LogP contribution is 2.13. The molecule has 0 fully saturated rings. The second-order valence-electron chi connectivity index (χ2n) is 3.75. The average molecular weight is 218 g/mol. The van der Waals surface area contributed by atoms with Crippen molar-refractivity contribution in [1.29, 1.82) is 0 Å². The van der Waals surface area contributed by atoms with E-state index in [0.29, 0.717) is 12.2 Å². The van der Waals surface area contributed by atoms with E-state index < -0.39 is 0 Å². The Balaban J connectivity index is 2.20. The third-order valence-corrected chi connectivity index (χ3v) is 2.38. The van der Waals surface area contributed by atoms with Crippen LogP contribution in [0.2, 0.25) is 0 Å². The van der Waals surface area contributed by atoms with Gasteiger partial charge in [-0.2, -0.15) is 0 Å². The average Bonchev–Trinajstić information content (AvgIpc) is 2.70. The summed E-state index contributed by atoms with van der Waals surface area (Å²) in [6, 6.07) is 3.62. The lowest BCUT2D eigenvalue weighted by Crippen LogP contribution is -1.99. The fourth-order valence-corrected chi connectivity index (χ4v) is 1.56. The fraction of sp³-hybridized carbons (Fsp3) is 0.333. The van der Waals surface area contributed by atoms with Crippen LogP contribution in [0, 0.1) is 13.8 Å². The minimum Gasteiger partial charge on any atom is -0.463 e. The summed E-state index contributed by atoms with van der Waals surface area (Å²) in [5.41, 5.74) is 2.74. The molecule has 0 saturated heterocycles. The minimum atomic E-state index is -0.0709. The molecule has 0 aliphatic heterocycles. The van der Waals surface area contributed by atoms with Crippen molar-refractivity contribution in [2.75, 3.05) is 0 Å². The molecule has 16 heavy (non-hydrogen) atoms. The zero-order chi connectivity index (χ0) is 11.5. The molecule has 0 aliphatic carbocycles. The highest BCUT2D eigenvalue weighted by Gasteiger charge is 2.07. The Morgan fingerprint density at radius 2 is 2.00 bits per heavy atom. The molecule has 2 heterocycles. The zero-order valence-electron chi connectivity index (χ0n) is 9.40. The molecule has 0 amide bonds. The van der Waals surface area contributed by atoms with E-state index in [2.05, 4.69) is 9.97 Å². The van der Waals surface area contributed by atoms with Gasteiger partial charge in [0.05, 0.1) is 17.1 Å². The second kappa shape index (κ2) is 4.45. The van der Waals surface area contributed by atoms with E-state index in [1.807, 2.05) is 19.9 Å². The third kappa shape index (κ3) is 2.28. The molecule has 1 N–H and O–H groups in total. The molecule has 2 aromatic heterocycles. The van der Waals surface area contributed by atoms with Gasteiger partial charge in [-0.1, -0.05) is 0 Å². The summed E-state index contributed by atoms with van der Waals surface area (Å²) < 4.78 is 5.40. The smallest absolute Gasteiger partial charge is 0.129 e. The summed E-state index contributed by atoms with van der Waals surface area (Å²) in [5, 5.41) is 8.89. The summed E-state index contributed by atoms with van der Waals surface area (Å²) in [6.07, 6.45) is 2.36. The number of nitrogens with zero attached hydrogens (tertiary/aromatic N) is 2. The van der Waals surface area contributed by atoms with Crippen molar-refractivity contribution in [2.45, 2.75) is 26.9 Å². The number of rotatable bonds is 3. The van der Waals surface area contributed by atoms with Crippen molar-refractivity contribution in [3.8, 4) is 0 Å². The lowest BCUT2D eigenvalue weighted by molar-refractivity contribution is 0.244. The van der Waals surface area contributed by atoms with Gasteiger partial charge >= 0.3 is 0 Å². The Labute approximate surface area is 94.0 Å². The number of hydrogen-bond acceptors (Lipinski definition) is 4. The van der Waals surface area contributed by atoms with Crippen LogP contribution >= 0.6 is 0 Å². The van der Waals surface area contributed by atoms with Crippen LogP contribution in [0.1, 0.15) is 28.6 Å². The molecule has 2 rings (SSSR count). The van der Waals surface area contributed by atoms with Crippen LogP contribution in [0.15, 0.2) is 22.7 Å². The molecule has 0 radical (unpaired) electrons. The van der Waals surface area contributed by atoms with E-state index in [9.17, 15) is 0 Å². The molecular weight excluding hydrogens is 204 g/mol. The van der Waals surface area contributed by atoms with Crippen LogP contribution in [0.5, 0.6) is 0 Å². The number of aryl methyl sites for hydroxylation is 2. The molecule has 0 unspecified atom stereocenters. The standard InChI is InChI=1S/C12H14N2O2/c1-8-6-13-12(9(2)14-8)5-10-3-4-11(7-15)16-10/h3-4,6,15H,5,7H2,1-2H3. The maximum absolute atomic E-state index is 8.89. The van der Waals surface area contributed by atoms with E-state index in [0.717, 1.165) is 22.8 Å². The van der Waals surface area contributed by atoms with Crippen LogP contribution in [0.25, 0.3) is 0 Å². The van der Waals surface area contributed by atoms with Crippen molar-refractivity contribution in [3.05, 3.63) is 46.9 Å². The molecule has 0 atom stereocenters. The van der Waals surface area contributed by atoms with E-state index in [4.69, 9.17) is 9.52 Å². The molecule has 0 spiro atoms. The summed E-state index contributed by atoms with van der Waals surface area (Å²) in [5.74, 6) is 1.37. The van der Waals surface area contributed by atoms with Crippen molar-refractivity contribution in [2.24, 2.45) is 0 Å². The van der Waals surface area contributed by atoms with Gasteiger partial charge < -0.3 is 9.52 Å². The van der Waals surface area contributed by atoms with Gasteiger partial charge in [-0.25, -0.2) is 0 Å². The molecule has 0 saturated carbocycles. The van der Waals surface area contributed by atoms with E-state index in [-0.39, 0.29) is 6.61 Å². The highest BCUT2D eigenvalue weighted by molar-refractivity contribution is 5.19. The zero-order valence-corrected chi connectivity index (χ0v) is 9.40. The van der Waals surface area contributed by atoms with Crippen molar-refractivity contribution in [3.63, 3.8) is 0 Å². The van der Waals surface area contributed by atoms with Crippen molar-refractivity contribution in [1.82, 2.24) is 9.97 Å². The lowest BCUT2D eigenvalue weighted by atomic mass is 10.2. The summed E-state index contributed by atoms with van der Waals surface area (Å²) >= 11 is 0. The molecule has 4 nitrogen and oxygen atoms in total. The topological polar surface area (TPSA) is 59.2 Å². The third-order valence-electron chi connectivity index (χ3n) is 2.38. The monoisotopic (exact) mass is 218 g/mol.